The van der Waals surface area contributed by atoms with Crippen LogP contribution in [0.15, 0.2) is 60.1 Å². The Hall–Kier alpha value is -3.65. The number of amides is 2. The smallest absolute Gasteiger partial charge is 0.319 e. The van der Waals surface area contributed by atoms with Crippen LogP contribution < -0.4 is 20.9 Å². The first-order chi connectivity index (χ1) is 17.0. The minimum Gasteiger partial charge on any atom is -0.491 e. The number of carbonyl (C=O) groups excluding carboxylic acids is 1. The average molecular weight is 480 g/mol. The lowest BCUT2D eigenvalue weighted by atomic mass is 10.1. The number of urea groups is 1. The number of nitrogens with one attached hydrogen (secondary N) is 2. The zero-order chi connectivity index (χ0) is 25.0. The number of aromatic nitrogens is 2. The van der Waals surface area contributed by atoms with Crippen molar-refractivity contribution in [3.8, 4) is 5.75 Å². The first-order valence-corrected chi connectivity index (χ1v) is 11.9. The number of unbranched alkanes of at least 4 members (excludes halogenated alkanes) is 2. The van der Waals surface area contributed by atoms with Gasteiger partial charge in [-0.15, -0.1) is 0 Å². The van der Waals surface area contributed by atoms with Gasteiger partial charge in [-0.3, -0.25) is 9.56 Å². The molecule has 188 valence electrons. The van der Waals surface area contributed by atoms with Crippen LogP contribution in [0.2, 0.25) is 0 Å². The molecule has 2 amide bonds. The Bertz CT molecular complexity index is 1210. The van der Waals surface area contributed by atoms with Crippen LogP contribution in [0.5, 0.6) is 5.75 Å². The van der Waals surface area contributed by atoms with Crippen molar-refractivity contribution < 1.29 is 15.7 Å². The zero-order valence-electron chi connectivity index (χ0n) is 20.8. The number of anilines is 1. The summed E-state index contributed by atoms with van der Waals surface area (Å²) in [6, 6.07) is 15.1. The SMILES string of the molecule is C=C(C)n1c(=NC)c(CCCCCNC(=O)Nc2ccccc2)nc2cc(OCCOC)ccc21.[HH]. The van der Waals surface area contributed by atoms with Crippen LogP contribution in [0.4, 0.5) is 10.5 Å². The molecule has 8 nitrogen and oxygen atoms in total. The summed E-state index contributed by atoms with van der Waals surface area (Å²) < 4.78 is 12.9. The molecule has 0 bridgehead atoms. The molecule has 0 aliphatic rings. The van der Waals surface area contributed by atoms with Gasteiger partial charge in [0.25, 0.3) is 0 Å². The van der Waals surface area contributed by atoms with Gasteiger partial charge < -0.3 is 20.1 Å². The van der Waals surface area contributed by atoms with Crippen LogP contribution in [0.1, 0.15) is 33.3 Å². The van der Waals surface area contributed by atoms with Crippen LogP contribution in [0.3, 0.4) is 0 Å². The Morgan fingerprint density at radius 3 is 2.66 bits per heavy atom. The third-order valence-corrected chi connectivity index (χ3v) is 5.47. The van der Waals surface area contributed by atoms with Gasteiger partial charge in [0.05, 0.1) is 23.3 Å². The number of carbonyl (C=O) groups is 1. The molecule has 0 atom stereocenters. The summed E-state index contributed by atoms with van der Waals surface area (Å²) in [5.41, 5.74) is 5.17. The molecule has 35 heavy (non-hydrogen) atoms. The largest absolute Gasteiger partial charge is 0.491 e. The number of rotatable bonds is 12. The summed E-state index contributed by atoms with van der Waals surface area (Å²) in [7, 11) is 3.43. The Morgan fingerprint density at radius 2 is 1.94 bits per heavy atom. The number of methoxy groups -OCH3 is 1. The van der Waals surface area contributed by atoms with E-state index in [1.807, 2.05) is 60.0 Å². The van der Waals surface area contributed by atoms with Gasteiger partial charge in [-0.25, -0.2) is 9.78 Å². The molecule has 0 fully saturated rings. The number of aryl methyl sites for hydroxylation is 1. The predicted molar refractivity (Wildman–Crippen MR) is 143 cm³/mol. The molecular formula is C27H37N5O3. The number of hydrogen-bond acceptors (Lipinski definition) is 5. The third-order valence-electron chi connectivity index (χ3n) is 5.47. The fourth-order valence-electron chi connectivity index (χ4n) is 3.83. The minimum absolute atomic E-state index is 0. The highest BCUT2D eigenvalue weighted by Crippen LogP contribution is 2.21. The van der Waals surface area contributed by atoms with Crippen molar-refractivity contribution in [2.75, 3.05) is 39.2 Å². The lowest BCUT2D eigenvalue weighted by Gasteiger charge is -2.15. The van der Waals surface area contributed by atoms with Gasteiger partial charge in [0.1, 0.15) is 12.4 Å². The fourth-order valence-corrected chi connectivity index (χ4v) is 3.83. The Labute approximate surface area is 208 Å². The number of hydrogen-bond donors (Lipinski definition) is 2. The topological polar surface area (TPSA) is 89.8 Å². The van der Waals surface area contributed by atoms with E-state index in [0.717, 1.165) is 65.0 Å². The Morgan fingerprint density at radius 1 is 1.14 bits per heavy atom. The molecule has 1 aromatic heterocycles. The molecule has 2 aromatic carbocycles. The number of benzene rings is 2. The van der Waals surface area contributed by atoms with Crippen LogP contribution in [-0.2, 0) is 11.2 Å². The summed E-state index contributed by atoms with van der Waals surface area (Å²) >= 11 is 0. The van der Waals surface area contributed by atoms with Crippen molar-refractivity contribution in [3.63, 3.8) is 0 Å². The zero-order valence-corrected chi connectivity index (χ0v) is 20.8. The maximum absolute atomic E-state index is 12.0. The normalized spacial score (nSPS) is 11.5. The Kier molecular flexibility index (Phi) is 9.86. The Balaban J connectivity index is 0.00000456. The van der Waals surface area contributed by atoms with Crippen molar-refractivity contribution >= 4 is 28.4 Å². The highest BCUT2D eigenvalue weighted by atomic mass is 16.5. The van der Waals surface area contributed by atoms with Crippen molar-refractivity contribution in [2.24, 2.45) is 4.99 Å². The van der Waals surface area contributed by atoms with Gasteiger partial charge in [0.2, 0.25) is 0 Å². The molecule has 0 saturated carbocycles. The fraction of sp³-hybridized carbons (Fsp3) is 0.370. The summed E-state index contributed by atoms with van der Waals surface area (Å²) in [6.07, 6.45) is 3.55. The molecule has 0 unspecified atom stereocenters. The monoisotopic (exact) mass is 479 g/mol. The molecule has 0 saturated heterocycles. The van der Waals surface area contributed by atoms with Gasteiger partial charge in [0.15, 0.2) is 5.49 Å². The second-order valence-corrected chi connectivity index (χ2v) is 8.23. The quantitative estimate of drug-likeness (QED) is 0.363. The van der Waals surface area contributed by atoms with Crippen molar-refractivity contribution in [3.05, 3.63) is 66.3 Å². The third kappa shape index (κ3) is 7.42. The van der Waals surface area contributed by atoms with Gasteiger partial charge in [0, 0.05) is 39.6 Å². The van der Waals surface area contributed by atoms with Crippen LogP contribution in [-0.4, -0.2) is 49.5 Å². The lowest BCUT2D eigenvalue weighted by molar-refractivity contribution is 0.146. The molecule has 0 radical (unpaired) electrons. The number of para-hydroxylation sites is 1. The molecular weight excluding hydrogens is 442 g/mol. The second kappa shape index (κ2) is 13.3. The second-order valence-electron chi connectivity index (χ2n) is 8.23. The summed E-state index contributed by atoms with van der Waals surface area (Å²) in [6.45, 7) is 7.74. The molecule has 8 heteroatoms. The van der Waals surface area contributed by atoms with Gasteiger partial charge >= 0.3 is 6.03 Å². The summed E-state index contributed by atoms with van der Waals surface area (Å²) in [5, 5.41) is 5.73. The van der Waals surface area contributed by atoms with Crippen LogP contribution in [0.25, 0.3) is 16.7 Å². The predicted octanol–water partition coefficient (Wildman–Crippen LogP) is 4.86. The van der Waals surface area contributed by atoms with E-state index in [2.05, 4.69) is 22.2 Å². The molecule has 1 heterocycles. The van der Waals surface area contributed by atoms with E-state index in [4.69, 9.17) is 14.5 Å². The van der Waals surface area contributed by atoms with E-state index in [-0.39, 0.29) is 7.46 Å². The lowest BCUT2D eigenvalue weighted by Crippen LogP contribution is -2.29. The maximum atomic E-state index is 12.0. The first-order valence-electron chi connectivity index (χ1n) is 11.9. The summed E-state index contributed by atoms with van der Waals surface area (Å²) in [4.78, 5) is 21.5. The van der Waals surface area contributed by atoms with Crippen molar-refractivity contribution in [2.45, 2.75) is 32.6 Å². The van der Waals surface area contributed by atoms with E-state index >= 15 is 0 Å². The van der Waals surface area contributed by atoms with Gasteiger partial charge in [-0.2, -0.15) is 0 Å². The van der Waals surface area contributed by atoms with Gasteiger partial charge in [-0.1, -0.05) is 31.2 Å². The van der Waals surface area contributed by atoms with Crippen LogP contribution >= 0.6 is 0 Å². The standard InChI is InChI=1S/C27H35N5O3.H2/c1-20(2)32-25-15-14-22(35-18-17-34-4)19-24(25)31-23(26(32)28-3)13-9-6-10-16-29-27(33)30-21-11-7-5-8-12-21;/h5,7-8,11-12,14-15,19H,1,6,9-10,13,16-18H2,2-4H3,(H2,29,30,33);1H. The maximum Gasteiger partial charge on any atom is 0.319 e. The molecule has 0 spiro atoms. The van der Waals surface area contributed by atoms with E-state index in [9.17, 15) is 4.79 Å². The molecule has 3 aromatic rings. The van der Waals surface area contributed by atoms with E-state index < -0.39 is 0 Å². The molecule has 2 N–H and O–H groups in total. The number of allylic oxidation sites excluding steroid dienone is 1. The number of ether oxygens (including phenoxy) is 2. The van der Waals surface area contributed by atoms with Crippen molar-refractivity contribution in [1.29, 1.82) is 0 Å². The van der Waals surface area contributed by atoms with E-state index in [1.165, 1.54) is 0 Å². The molecule has 3 rings (SSSR count). The highest BCUT2D eigenvalue weighted by molar-refractivity contribution is 5.89. The number of fused-ring (bicyclic) bond motifs is 1. The van der Waals surface area contributed by atoms with Gasteiger partial charge in [-0.05, 0) is 50.5 Å². The van der Waals surface area contributed by atoms with E-state index in [1.54, 1.807) is 14.2 Å². The average Bonchev–Trinajstić information content (AvgIpc) is 2.85. The molecule has 0 aliphatic carbocycles. The van der Waals surface area contributed by atoms with Crippen LogP contribution in [0, 0.1) is 0 Å². The van der Waals surface area contributed by atoms with E-state index in [0.29, 0.717) is 19.8 Å². The van der Waals surface area contributed by atoms with Crippen molar-refractivity contribution in [1.82, 2.24) is 14.9 Å². The minimum atomic E-state index is -0.189. The molecule has 0 aliphatic heterocycles. The first kappa shape index (κ1) is 26.0. The number of nitrogens with zero attached hydrogens (tertiary/aromatic N) is 3. The highest BCUT2D eigenvalue weighted by Gasteiger charge is 2.11. The summed E-state index contributed by atoms with van der Waals surface area (Å²) in [5.74, 6) is 0.752.